The molecule has 2 N–H and O–H groups in total. The Labute approximate surface area is 113 Å². The summed E-state index contributed by atoms with van der Waals surface area (Å²) in [6.07, 6.45) is -2.88. The molecule has 1 aliphatic rings. The SMILES string of the molecule is O=C(O)c1cc(C(F)(F)F)ccc1N(CCO)C1CC1. The molecule has 1 aliphatic carbocycles. The fourth-order valence-corrected chi connectivity index (χ4v) is 2.13. The number of nitrogens with zero attached hydrogens (tertiary/aromatic N) is 1. The molecule has 1 saturated carbocycles. The molecule has 1 fully saturated rings. The molecule has 0 bridgehead atoms. The van der Waals surface area contributed by atoms with E-state index in [1.54, 1.807) is 4.90 Å². The van der Waals surface area contributed by atoms with Crippen LogP contribution in [0, 0.1) is 0 Å². The topological polar surface area (TPSA) is 60.8 Å². The Morgan fingerprint density at radius 2 is 2.00 bits per heavy atom. The first-order valence-corrected chi connectivity index (χ1v) is 6.16. The number of rotatable bonds is 5. The van der Waals surface area contributed by atoms with Gasteiger partial charge in [0, 0.05) is 12.6 Å². The summed E-state index contributed by atoms with van der Waals surface area (Å²) in [4.78, 5) is 12.9. The van der Waals surface area contributed by atoms with E-state index >= 15 is 0 Å². The van der Waals surface area contributed by atoms with Crippen molar-refractivity contribution in [2.45, 2.75) is 25.1 Å². The van der Waals surface area contributed by atoms with E-state index in [2.05, 4.69) is 0 Å². The van der Waals surface area contributed by atoms with Crippen molar-refractivity contribution in [2.75, 3.05) is 18.1 Å². The molecule has 0 aromatic heterocycles. The first kappa shape index (κ1) is 14.6. The van der Waals surface area contributed by atoms with E-state index in [1.807, 2.05) is 0 Å². The molecule has 20 heavy (non-hydrogen) atoms. The Hall–Kier alpha value is -1.76. The number of carboxylic acid groups (broad SMARTS) is 1. The number of aliphatic hydroxyl groups excluding tert-OH is 1. The molecule has 1 aromatic rings. The van der Waals surface area contributed by atoms with E-state index in [-0.39, 0.29) is 30.4 Å². The van der Waals surface area contributed by atoms with Crippen molar-refractivity contribution in [1.29, 1.82) is 0 Å². The first-order valence-electron chi connectivity index (χ1n) is 6.16. The number of anilines is 1. The number of halogens is 3. The van der Waals surface area contributed by atoms with E-state index in [4.69, 9.17) is 10.2 Å². The second-order valence-electron chi connectivity index (χ2n) is 4.68. The number of hydrogen-bond acceptors (Lipinski definition) is 3. The molecule has 0 spiro atoms. The molecular weight excluding hydrogens is 275 g/mol. The van der Waals surface area contributed by atoms with Gasteiger partial charge in [0.15, 0.2) is 0 Å². The zero-order valence-corrected chi connectivity index (χ0v) is 10.5. The predicted molar refractivity (Wildman–Crippen MR) is 65.9 cm³/mol. The van der Waals surface area contributed by atoms with Gasteiger partial charge in [-0.25, -0.2) is 4.79 Å². The van der Waals surface area contributed by atoms with Gasteiger partial charge in [-0.3, -0.25) is 0 Å². The van der Waals surface area contributed by atoms with Crippen molar-refractivity contribution in [3.05, 3.63) is 29.3 Å². The van der Waals surface area contributed by atoms with Gasteiger partial charge in [-0.05, 0) is 31.0 Å². The predicted octanol–water partition coefficient (Wildman–Crippen LogP) is 2.36. The standard InChI is InChI=1S/C13H14F3NO3/c14-13(15,16)8-1-4-11(10(7-8)12(19)20)17(5-6-18)9-2-3-9/h1,4,7,9,18H,2-3,5-6H2,(H,19,20). The molecule has 0 radical (unpaired) electrons. The third-order valence-electron chi connectivity index (χ3n) is 3.19. The van der Waals surface area contributed by atoms with Crippen LogP contribution in [0.5, 0.6) is 0 Å². The van der Waals surface area contributed by atoms with Crippen molar-refractivity contribution < 1.29 is 28.2 Å². The molecule has 2 rings (SSSR count). The van der Waals surface area contributed by atoms with Crippen molar-refractivity contribution in [2.24, 2.45) is 0 Å². The summed E-state index contributed by atoms with van der Waals surface area (Å²) in [6, 6.07) is 2.77. The van der Waals surface area contributed by atoms with Gasteiger partial charge < -0.3 is 15.1 Å². The van der Waals surface area contributed by atoms with Gasteiger partial charge in [-0.2, -0.15) is 13.2 Å². The van der Waals surface area contributed by atoms with Gasteiger partial charge in [0.2, 0.25) is 0 Å². The zero-order chi connectivity index (χ0) is 14.9. The van der Waals surface area contributed by atoms with E-state index < -0.39 is 17.7 Å². The summed E-state index contributed by atoms with van der Waals surface area (Å²) in [7, 11) is 0. The minimum atomic E-state index is -4.58. The van der Waals surface area contributed by atoms with Crippen LogP contribution in [0.4, 0.5) is 18.9 Å². The van der Waals surface area contributed by atoms with Crippen molar-refractivity contribution in [3.8, 4) is 0 Å². The van der Waals surface area contributed by atoms with Crippen LogP contribution in [0.25, 0.3) is 0 Å². The average molecular weight is 289 g/mol. The summed E-state index contributed by atoms with van der Waals surface area (Å²) in [5.41, 5.74) is -1.15. The Balaban J connectivity index is 2.44. The van der Waals surface area contributed by atoms with E-state index in [0.717, 1.165) is 18.9 Å². The molecule has 0 heterocycles. The Bertz CT molecular complexity index is 512. The molecule has 7 heteroatoms. The van der Waals surface area contributed by atoms with Gasteiger partial charge in [-0.15, -0.1) is 0 Å². The smallest absolute Gasteiger partial charge is 0.416 e. The van der Waals surface area contributed by atoms with Crippen LogP contribution in [-0.4, -0.2) is 35.4 Å². The Morgan fingerprint density at radius 1 is 1.35 bits per heavy atom. The number of benzene rings is 1. The highest BCUT2D eigenvalue weighted by atomic mass is 19.4. The maximum Gasteiger partial charge on any atom is 0.416 e. The lowest BCUT2D eigenvalue weighted by molar-refractivity contribution is -0.137. The third-order valence-corrected chi connectivity index (χ3v) is 3.19. The molecule has 0 aliphatic heterocycles. The highest BCUT2D eigenvalue weighted by molar-refractivity contribution is 5.95. The third kappa shape index (κ3) is 3.04. The molecule has 0 saturated heterocycles. The van der Waals surface area contributed by atoms with Gasteiger partial charge in [0.1, 0.15) is 0 Å². The minimum absolute atomic E-state index is 0.0944. The summed E-state index contributed by atoms with van der Waals surface area (Å²) in [6.45, 7) is 0.0207. The fourth-order valence-electron chi connectivity index (χ4n) is 2.13. The lowest BCUT2D eigenvalue weighted by atomic mass is 10.1. The van der Waals surface area contributed by atoms with Crippen LogP contribution in [0.2, 0.25) is 0 Å². The van der Waals surface area contributed by atoms with Gasteiger partial charge in [-0.1, -0.05) is 0 Å². The molecular formula is C13H14F3NO3. The molecule has 0 unspecified atom stereocenters. The monoisotopic (exact) mass is 289 g/mol. The van der Waals surface area contributed by atoms with E-state index in [1.165, 1.54) is 6.07 Å². The van der Waals surface area contributed by atoms with Crippen molar-refractivity contribution in [1.82, 2.24) is 0 Å². The highest BCUT2D eigenvalue weighted by Gasteiger charge is 2.35. The fraction of sp³-hybridized carbons (Fsp3) is 0.462. The average Bonchev–Trinajstić information content (AvgIpc) is 3.18. The maximum atomic E-state index is 12.6. The largest absolute Gasteiger partial charge is 0.478 e. The summed E-state index contributed by atoms with van der Waals surface area (Å²) in [5.74, 6) is -1.41. The van der Waals surface area contributed by atoms with Crippen LogP contribution in [-0.2, 0) is 6.18 Å². The molecule has 0 atom stereocenters. The van der Waals surface area contributed by atoms with Crippen LogP contribution >= 0.6 is 0 Å². The molecule has 0 amide bonds. The van der Waals surface area contributed by atoms with Crippen LogP contribution in [0.1, 0.15) is 28.8 Å². The number of carboxylic acids is 1. The summed E-state index contributed by atoms with van der Waals surface area (Å²) < 4.78 is 37.9. The lowest BCUT2D eigenvalue weighted by Crippen LogP contribution is -2.30. The lowest BCUT2D eigenvalue weighted by Gasteiger charge is -2.25. The van der Waals surface area contributed by atoms with E-state index in [9.17, 15) is 18.0 Å². The van der Waals surface area contributed by atoms with Gasteiger partial charge in [0.05, 0.1) is 23.4 Å². The van der Waals surface area contributed by atoms with Gasteiger partial charge in [0.25, 0.3) is 0 Å². The molecule has 4 nitrogen and oxygen atoms in total. The highest BCUT2D eigenvalue weighted by Crippen LogP contribution is 2.37. The van der Waals surface area contributed by atoms with Gasteiger partial charge >= 0.3 is 12.1 Å². The van der Waals surface area contributed by atoms with Crippen molar-refractivity contribution in [3.63, 3.8) is 0 Å². The number of alkyl halides is 3. The quantitative estimate of drug-likeness (QED) is 0.873. The van der Waals surface area contributed by atoms with Crippen molar-refractivity contribution >= 4 is 11.7 Å². The summed E-state index contributed by atoms with van der Waals surface area (Å²) >= 11 is 0. The maximum absolute atomic E-state index is 12.6. The zero-order valence-electron chi connectivity index (χ0n) is 10.5. The first-order chi connectivity index (χ1) is 9.34. The van der Waals surface area contributed by atoms with Crippen LogP contribution in [0.15, 0.2) is 18.2 Å². The number of aromatic carboxylic acids is 1. The van der Waals surface area contributed by atoms with Crippen LogP contribution in [0.3, 0.4) is 0 Å². The second kappa shape index (κ2) is 5.32. The Morgan fingerprint density at radius 3 is 2.45 bits per heavy atom. The molecule has 1 aromatic carbocycles. The normalized spacial score (nSPS) is 15.2. The number of aliphatic hydroxyl groups is 1. The Kier molecular flexibility index (Phi) is 3.89. The van der Waals surface area contributed by atoms with E-state index in [0.29, 0.717) is 6.07 Å². The second-order valence-corrected chi connectivity index (χ2v) is 4.68. The number of carbonyl (C=O) groups is 1. The minimum Gasteiger partial charge on any atom is -0.478 e. The molecule has 110 valence electrons. The number of hydrogen-bond donors (Lipinski definition) is 2. The van der Waals surface area contributed by atoms with Crippen LogP contribution < -0.4 is 4.90 Å². The summed E-state index contributed by atoms with van der Waals surface area (Å²) in [5, 5.41) is 18.1.